The van der Waals surface area contributed by atoms with Crippen molar-refractivity contribution < 1.29 is 9.47 Å². The van der Waals surface area contributed by atoms with E-state index in [9.17, 15) is 0 Å². The highest BCUT2D eigenvalue weighted by molar-refractivity contribution is 5.44. The average molecular weight is 263 g/mol. The number of hydrogen-bond acceptors (Lipinski definition) is 3. The molecule has 3 heteroatoms. The summed E-state index contributed by atoms with van der Waals surface area (Å²) < 4.78 is 11.3. The molecule has 1 saturated heterocycles. The Balaban J connectivity index is 2.18. The van der Waals surface area contributed by atoms with E-state index in [4.69, 9.17) is 9.47 Å². The molecule has 0 bridgehead atoms. The summed E-state index contributed by atoms with van der Waals surface area (Å²) in [7, 11) is 0. The van der Waals surface area contributed by atoms with Gasteiger partial charge in [0.2, 0.25) is 0 Å². The van der Waals surface area contributed by atoms with Crippen molar-refractivity contribution in [2.45, 2.75) is 39.0 Å². The smallest absolute Gasteiger partial charge is 0.161 e. The number of hydrogen-bond donors (Lipinski definition) is 1. The summed E-state index contributed by atoms with van der Waals surface area (Å²) in [5.41, 5.74) is 1.38. The first-order chi connectivity index (χ1) is 9.35. The zero-order chi connectivity index (χ0) is 13.5. The summed E-state index contributed by atoms with van der Waals surface area (Å²) in [5, 5.41) is 3.46. The van der Waals surface area contributed by atoms with E-state index in [-0.39, 0.29) is 0 Å². The van der Waals surface area contributed by atoms with Crippen LogP contribution in [0.25, 0.3) is 0 Å². The van der Waals surface area contributed by atoms with Gasteiger partial charge in [-0.2, -0.15) is 0 Å². The van der Waals surface area contributed by atoms with E-state index in [0.29, 0.717) is 19.1 Å². The second-order valence-corrected chi connectivity index (χ2v) is 4.95. The van der Waals surface area contributed by atoms with Gasteiger partial charge in [-0.1, -0.05) is 6.07 Å². The molecule has 0 aliphatic carbocycles. The molecule has 1 aromatic rings. The van der Waals surface area contributed by atoms with Crippen LogP contribution in [0.2, 0.25) is 0 Å². The minimum absolute atomic E-state index is 0.643. The van der Waals surface area contributed by atoms with Gasteiger partial charge in [0.1, 0.15) is 0 Å². The van der Waals surface area contributed by atoms with Crippen LogP contribution in [0.4, 0.5) is 0 Å². The van der Waals surface area contributed by atoms with Gasteiger partial charge in [-0.25, -0.2) is 0 Å². The molecule has 19 heavy (non-hydrogen) atoms. The summed E-state index contributed by atoms with van der Waals surface area (Å²) in [5.74, 6) is 2.39. The molecule has 0 spiro atoms. The quantitative estimate of drug-likeness (QED) is 0.883. The standard InChI is InChI=1S/C16H25NO2/c1-3-18-15-8-7-14(12-16(15)19-4-2)13-6-5-10-17-11-9-13/h7-8,12-13,17H,3-6,9-11H2,1-2H3. The van der Waals surface area contributed by atoms with Gasteiger partial charge >= 0.3 is 0 Å². The second-order valence-electron chi connectivity index (χ2n) is 4.95. The molecule has 2 rings (SSSR count). The highest BCUT2D eigenvalue weighted by Gasteiger charge is 2.16. The van der Waals surface area contributed by atoms with Gasteiger partial charge in [-0.05, 0) is 69.8 Å². The first kappa shape index (κ1) is 14.2. The maximum absolute atomic E-state index is 5.71. The Morgan fingerprint density at radius 1 is 1.05 bits per heavy atom. The number of rotatable bonds is 5. The molecule has 1 N–H and O–H groups in total. The Kier molecular flexibility index (Phi) is 5.52. The lowest BCUT2D eigenvalue weighted by Crippen LogP contribution is -2.13. The van der Waals surface area contributed by atoms with Gasteiger partial charge in [0, 0.05) is 0 Å². The molecular formula is C16H25NO2. The van der Waals surface area contributed by atoms with Crippen LogP contribution in [-0.4, -0.2) is 26.3 Å². The molecule has 3 nitrogen and oxygen atoms in total. The van der Waals surface area contributed by atoms with Crippen molar-refractivity contribution in [3.63, 3.8) is 0 Å². The normalized spacial score (nSPS) is 19.8. The highest BCUT2D eigenvalue weighted by Crippen LogP contribution is 2.34. The number of ether oxygens (including phenoxy) is 2. The van der Waals surface area contributed by atoms with E-state index in [0.717, 1.165) is 24.6 Å². The summed E-state index contributed by atoms with van der Waals surface area (Å²) in [6, 6.07) is 6.43. The third-order valence-corrected chi connectivity index (χ3v) is 3.61. The van der Waals surface area contributed by atoms with Crippen molar-refractivity contribution in [1.29, 1.82) is 0 Å². The molecule has 0 radical (unpaired) electrons. The van der Waals surface area contributed by atoms with Gasteiger partial charge in [-0.15, -0.1) is 0 Å². The van der Waals surface area contributed by atoms with Gasteiger partial charge in [0.05, 0.1) is 13.2 Å². The molecule has 1 atom stereocenters. The van der Waals surface area contributed by atoms with E-state index in [1.807, 2.05) is 13.8 Å². The van der Waals surface area contributed by atoms with Crippen LogP contribution in [0.1, 0.15) is 44.6 Å². The largest absolute Gasteiger partial charge is 0.490 e. The topological polar surface area (TPSA) is 30.5 Å². The van der Waals surface area contributed by atoms with Crippen molar-refractivity contribution in [2.24, 2.45) is 0 Å². The van der Waals surface area contributed by atoms with Crippen molar-refractivity contribution in [3.8, 4) is 11.5 Å². The van der Waals surface area contributed by atoms with Crippen molar-refractivity contribution >= 4 is 0 Å². The van der Waals surface area contributed by atoms with Gasteiger partial charge in [0.25, 0.3) is 0 Å². The zero-order valence-corrected chi connectivity index (χ0v) is 12.1. The maximum Gasteiger partial charge on any atom is 0.161 e. The minimum atomic E-state index is 0.643. The fourth-order valence-corrected chi connectivity index (χ4v) is 2.67. The predicted molar refractivity (Wildman–Crippen MR) is 78.2 cm³/mol. The second kappa shape index (κ2) is 7.39. The van der Waals surface area contributed by atoms with Crippen LogP contribution in [0.5, 0.6) is 11.5 Å². The van der Waals surface area contributed by atoms with Crippen molar-refractivity contribution in [1.82, 2.24) is 5.32 Å². The van der Waals surface area contributed by atoms with E-state index >= 15 is 0 Å². The Morgan fingerprint density at radius 2 is 1.84 bits per heavy atom. The lowest BCUT2D eigenvalue weighted by molar-refractivity contribution is 0.287. The molecule has 1 aliphatic rings. The minimum Gasteiger partial charge on any atom is -0.490 e. The first-order valence-corrected chi connectivity index (χ1v) is 7.45. The van der Waals surface area contributed by atoms with Crippen molar-refractivity contribution in [3.05, 3.63) is 23.8 Å². The Morgan fingerprint density at radius 3 is 2.63 bits per heavy atom. The van der Waals surface area contributed by atoms with Crippen LogP contribution in [0.3, 0.4) is 0 Å². The number of nitrogens with one attached hydrogen (secondary N) is 1. The molecule has 0 amide bonds. The molecule has 1 heterocycles. The average Bonchev–Trinajstić information content (AvgIpc) is 2.70. The zero-order valence-electron chi connectivity index (χ0n) is 12.1. The van der Waals surface area contributed by atoms with Gasteiger partial charge in [-0.3, -0.25) is 0 Å². The third kappa shape index (κ3) is 3.87. The van der Waals surface area contributed by atoms with Gasteiger partial charge in [0.15, 0.2) is 11.5 Å². The fraction of sp³-hybridized carbons (Fsp3) is 0.625. The summed E-state index contributed by atoms with van der Waals surface area (Å²) in [6.45, 7) is 7.62. The van der Waals surface area contributed by atoms with E-state index < -0.39 is 0 Å². The summed E-state index contributed by atoms with van der Waals surface area (Å²) >= 11 is 0. The SMILES string of the molecule is CCOc1ccc(C2CCCNCC2)cc1OCC. The Hall–Kier alpha value is -1.22. The maximum atomic E-state index is 5.71. The molecule has 1 unspecified atom stereocenters. The highest BCUT2D eigenvalue weighted by atomic mass is 16.5. The lowest BCUT2D eigenvalue weighted by Gasteiger charge is -2.17. The molecular weight excluding hydrogens is 238 g/mol. The van der Waals surface area contributed by atoms with Crippen LogP contribution in [0.15, 0.2) is 18.2 Å². The lowest BCUT2D eigenvalue weighted by atomic mass is 9.92. The van der Waals surface area contributed by atoms with Crippen LogP contribution in [0, 0.1) is 0 Å². The molecule has 1 aromatic carbocycles. The van der Waals surface area contributed by atoms with Crippen LogP contribution in [-0.2, 0) is 0 Å². The fourth-order valence-electron chi connectivity index (χ4n) is 2.67. The van der Waals surface area contributed by atoms with Gasteiger partial charge < -0.3 is 14.8 Å². The number of benzene rings is 1. The molecule has 1 aliphatic heterocycles. The van der Waals surface area contributed by atoms with E-state index in [1.54, 1.807) is 0 Å². The third-order valence-electron chi connectivity index (χ3n) is 3.61. The first-order valence-electron chi connectivity index (χ1n) is 7.45. The van der Waals surface area contributed by atoms with Crippen LogP contribution >= 0.6 is 0 Å². The monoisotopic (exact) mass is 263 g/mol. The molecule has 0 aromatic heterocycles. The van der Waals surface area contributed by atoms with E-state index in [1.165, 1.54) is 24.8 Å². The predicted octanol–water partition coefficient (Wildman–Crippen LogP) is 3.34. The molecule has 1 fully saturated rings. The van der Waals surface area contributed by atoms with Crippen LogP contribution < -0.4 is 14.8 Å². The summed E-state index contributed by atoms with van der Waals surface area (Å²) in [6.07, 6.45) is 3.72. The van der Waals surface area contributed by atoms with Crippen molar-refractivity contribution in [2.75, 3.05) is 26.3 Å². The molecule has 0 saturated carbocycles. The Labute approximate surface area is 116 Å². The Bertz CT molecular complexity index is 384. The summed E-state index contributed by atoms with van der Waals surface area (Å²) in [4.78, 5) is 0. The molecule has 106 valence electrons. The van der Waals surface area contributed by atoms with E-state index in [2.05, 4.69) is 23.5 Å².